The minimum atomic E-state index is -0.673. The third kappa shape index (κ3) is 5.51. The summed E-state index contributed by atoms with van der Waals surface area (Å²) in [6, 6.07) is 3.91. The quantitative estimate of drug-likeness (QED) is 0.656. The zero-order valence-corrected chi connectivity index (χ0v) is 15.2. The highest BCUT2D eigenvalue weighted by molar-refractivity contribution is 5.80. The summed E-state index contributed by atoms with van der Waals surface area (Å²) in [5.41, 5.74) is 1.09. The Hall–Kier alpha value is -1.99. The van der Waals surface area contributed by atoms with E-state index >= 15 is 0 Å². The molecule has 1 aromatic rings. The van der Waals surface area contributed by atoms with Gasteiger partial charge in [-0.2, -0.15) is 0 Å². The van der Waals surface area contributed by atoms with E-state index in [4.69, 9.17) is 0 Å². The van der Waals surface area contributed by atoms with Gasteiger partial charge in [0.2, 0.25) is 11.8 Å². The molecule has 7 nitrogen and oxygen atoms in total. The Labute approximate surface area is 154 Å². The number of nitrogens with one attached hydrogen (secondary N) is 2. The van der Waals surface area contributed by atoms with Crippen LogP contribution in [0.1, 0.15) is 37.7 Å². The number of pyridine rings is 1. The van der Waals surface area contributed by atoms with Crippen molar-refractivity contribution >= 4 is 11.8 Å². The molecular formula is C19H28N4O3. The number of nitrogens with zero attached hydrogens (tertiary/aromatic N) is 2. The lowest BCUT2D eigenvalue weighted by Crippen LogP contribution is -2.50. The molecule has 142 valence electrons. The van der Waals surface area contributed by atoms with Crippen LogP contribution in [0, 0.1) is 5.92 Å². The van der Waals surface area contributed by atoms with E-state index in [9.17, 15) is 14.7 Å². The molecule has 1 aromatic heterocycles. The van der Waals surface area contributed by atoms with Crippen LogP contribution in [-0.2, 0) is 16.1 Å². The summed E-state index contributed by atoms with van der Waals surface area (Å²) in [5, 5.41) is 16.3. The summed E-state index contributed by atoms with van der Waals surface area (Å²) in [7, 11) is 1.88. The van der Waals surface area contributed by atoms with Gasteiger partial charge in [-0.15, -0.1) is 0 Å². The Kier molecular flexibility index (Phi) is 6.21. The molecule has 26 heavy (non-hydrogen) atoms. The van der Waals surface area contributed by atoms with Gasteiger partial charge in [0.15, 0.2) is 0 Å². The first-order valence-corrected chi connectivity index (χ1v) is 9.36. The van der Waals surface area contributed by atoms with Gasteiger partial charge in [0.25, 0.3) is 0 Å². The molecule has 3 rings (SSSR count). The molecule has 2 saturated carbocycles. The van der Waals surface area contributed by atoms with Crippen LogP contribution in [0.25, 0.3) is 0 Å². The summed E-state index contributed by atoms with van der Waals surface area (Å²) < 4.78 is 0. The van der Waals surface area contributed by atoms with E-state index in [-0.39, 0.29) is 30.3 Å². The van der Waals surface area contributed by atoms with Crippen molar-refractivity contribution in [3.05, 3.63) is 30.1 Å². The number of carbonyl (C=O) groups excluding carboxylic acids is 2. The Balaban J connectivity index is 1.40. The van der Waals surface area contributed by atoms with E-state index in [0.717, 1.165) is 18.4 Å². The topological polar surface area (TPSA) is 94.6 Å². The van der Waals surface area contributed by atoms with E-state index in [1.807, 2.05) is 24.1 Å². The predicted octanol–water partition coefficient (Wildman–Crippen LogP) is 0.438. The molecule has 2 fully saturated rings. The molecule has 1 heterocycles. The van der Waals surface area contributed by atoms with Gasteiger partial charge in [-0.1, -0.05) is 0 Å². The first kappa shape index (κ1) is 18.8. The number of aliphatic hydroxyl groups excluding tert-OH is 1. The average Bonchev–Trinajstić information content (AvgIpc) is 3.41. The number of rotatable bonds is 7. The number of hydrogen-bond acceptors (Lipinski definition) is 5. The largest absolute Gasteiger partial charge is 0.391 e. The van der Waals surface area contributed by atoms with Gasteiger partial charge < -0.3 is 15.7 Å². The number of amides is 2. The fourth-order valence-electron chi connectivity index (χ4n) is 3.45. The number of hydrogen-bond donors (Lipinski definition) is 3. The van der Waals surface area contributed by atoms with E-state index in [1.165, 1.54) is 0 Å². The minimum Gasteiger partial charge on any atom is -0.391 e. The Morgan fingerprint density at radius 3 is 2.58 bits per heavy atom. The Morgan fingerprint density at radius 1 is 1.19 bits per heavy atom. The summed E-state index contributed by atoms with van der Waals surface area (Å²) in [6.45, 7) is 0.920. The molecule has 0 bridgehead atoms. The maximum Gasteiger partial charge on any atom is 0.234 e. The molecule has 0 aliphatic heterocycles. The number of aliphatic hydroxyl groups is 1. The fourth-order valence-corrected chi connectivity index (χ4v) is 3.45. The van der Waals surface area contributed by atoms with Crippen molar-refractivity contribution < 1.29 is 14.7 Å². The Bertz CT molecular complexity index is 620. The zero-order valence-electron chi connectivity index (χ0n) is 15.2. The second-order valence-corrected chi connectivity index (χ2v) is 7.56. The summed E-state index contributed by atoms with van der Waals surface area (Å²) in [4.78, 5) is 30.3. The van der Waals surface area contributed by atoms with Crippen molar-refractivity contribution in [2.45, 2.75) is 56.8 Å². The van der Waals surface area contributed by atoms with Crippen LogP contribution in [-0.4, -0.2) is 58.6 Å². The van der Waals surface area contributed by atoms with Crippen molar-refractivity contribution in [3.63, 3.8) is 0 Å². The van der Waals surface area contributed by atoms with Crippen LogP contribution < -0.4 is 10.6 Å². The predicted molar refractivity (Wildman–Crippen MR) is 97.0 cm³/mol. The van der Waals surface area contributed by atoms with Crippen molar-refractivity contribution in [2.24, 2.45) is 5.92 Å². The maximum absolute atomic E-state index is 12.3. The minimum absolute atomic E-state index is 0.0495. The van der Waals surface area contributed by atoms with E-state index in [1.54, 1.807) is 12.4 Å². The van der Waals surface area contributed by atoms with E-state index < -0.39 is 6.10 Å². The first-order valence-electron chi connectivity index (χ1n) is 9.36. The Morgan fingerprint density at radius 2 is 1.92 bits per heavy atom. The van der Waals surface area contributed by atoms with Gasteiger partial charge in [0.05, 0.1) is 18.7 Å². The smallest absolute Gasteiger partial charge is 0.234 e. The lowest BCUT2D eigenvalue weighted by atomic mass is 9.83. The zero-order chi connectivity index (χ0) is 18.5. The van der Waals surface area contributed by atoms with E-state index in [2.05, 4.69) is 15.6 Å². The van der Waals surface area contributed by atoms with Crippen LogP contribution in [0.4, 0.5) is 0 Å². The van der Waals surface area contributed by atoms with Gasteiger partial charge in [0, 0.05) is 30.9 Å². The molecule has 0 spiro atoms. The summed E-state index contributed by atoms with van der Waals surface area (Å²) >= 11 is 0. The van der Waals surface area contributed by atoms with Gasteiger partial charge in [0.1, 0.15) is 0 Å². The maximum atomic E-state index is 12.3. The third-order valence-corrected chi connectivity index (χ3v) is 5.07. The van der Waals surface area contributed by atoms with Crippen LogP contribution in [0.3, 0.4) is 0 Å². The normalized spacial score (nSPS) is 25.7. The van der Waals surface area contributed by atoms with Gasteiger partial charge in [-0.05, 0) is 56.8 Å². The second-order valence-electron chi connectivity index (χ2n) is 7.56. The van der Waals surface area contributed by atoms with Crippen molar-refractivity contribution in [3.8, 4) is 0 Å². The standard InChI is InChI=1S/C19H28N4O3/c1-23(11-13-6-8-20-9-7-13)12-18(25)22-16-5-2-14(10-17(16)24)19(26)21-15-3-4-15/h6-9,14-17,24H,2-5,10-12H2,1H3,(H,21,26)(H,22,25)/t14-,16+,17+/m0/s1. The first-order chi connectivity index (χ1) is 12.5. The van der Waals surface area contributed by atoms with Crippen molar-refractivity contribution in [2.75, 3.05) is 13.6 Å². The average molecular weight is 360 g/mol. The highest BCUT2D eigenvalue weighted by Gasteiger charge is 2.35. The summed E-state index contributed by atoms with van der Waals surface area (Å²) in [5.74, 6) is -0.201. The van der Waals surface area contributed by atoms with Gasteiger partial charge >= 0.3 is 0 Å². The van der Waals surface area contributed by atoms with Crippen molar-refractivity contribution in [1.29, 1.82) is 0 Å². The molecule has 3 atom stereocenters. The van der Waals surface area contributed by atoms with Crippen LogP contribution in [0.5, 0.6) is 0 Å². The fraction of sp³-hybridized carbons (Fsp3) is 0.632. The molecule has 7 heteroatoms. The summed E-state index contributed by atoms with van der Waals surface area (Å²) in [6.07, 6.45) is 6.66. The van der Waals surface area contributed by atoms with Gasteiger partial charge in [-0.25, -0.2) is 0 Å². The molecule has 2 aliphatic carbocycles. The molecule has 0 unspecified atom stereocenters. The second kappa shape index (κ2) is 8.60. The number of aromatic nitrogens is 1. The SMILES string of the molecule is CN(CC(=O)N[C@@H]1CC[C@H](C(=O)NC2CC2)C[C@H]1O)Cc1ccncc1. The molecular weight excluding hydrogens is 332 g/mol. The van der Waals surface area contributed by atoms with E-state index in [0.29, 0.717) is 31.8 Å². The lowest BCUT2D eigenvalue weighted by molar-refractivity contribution is -0.128. The highest BCUT2D eigenvalue weighted by Crippen LogP contribution is 2.27. The highest BCUT2D eigenvalue weighted by atomic mass is 16.3. The molecule has 2 amide bonds. The van der Waals surface area contributed by atoms with Gasteiger partial charge in [-0.3, -0.25) is 19.5 Å². The van der Waals surface area contributed by atoms with Crippen LogP contribution >= 0.6 is 0 Å². The third-order valence-electron chi connectivity index (χ3n) is 5.07. The molecule has 0 radical (unpaired) electrons. The molecule has 0 saturated heterocycles. The molecule has 2 aliphatic rings. The lowest BCUT2D eigenvalue weighted by Gasteiger charge is -2.33. The number of likely N-dealkylation sites (N-methyl/N-ethyl adjacent to an activating group) is 1. The monoisotopic (exact) mass is 360 g/mol. The van der Waals surface area contributed by atoms with Crippen LogP contribution in [0.15, 0.2) is 24.5 Å². The van der Waals surface area contributed by atoms with Crippen molar-refractivity contribution in [1.82, 2.24) is 20.5 Å². The molecule has 3 N–H and O–H groups in total. The van der Waals surface area contributed by atoms with Crippen LogP contribution in [0.2, 0.25) is 0 Å². The molecule has 0 aromatic carbocycles. The number of carbonyl (C=O) groups is 2.